The van der Waals surface area contributed by atoms with E-state index in [-0.39, 0.29) is 12.8 Å². The van der Waals surface area contributed by atoms with E-state index in [4.69, 9.17) is 9.84 Å². The first-order valence-corrected chi connectivity index (χ1v) is 17.3. The number of phosphoric ester groups is 1. The van der Waals surface area contributed by atoms with Gasteiger partial charge >= 0.3 is 19.8 Å². The molecule has 45 heavy (non-hydrogen) atoms. The molecule has 1 amide bonds. The second-order valence-electron chi connectivity index (χ2n) is 10.2. The predicted octanol–water partition coefficient (Wildman–Crippen LogP) is 6.49. The van der Waals surface area contributed by atoms with Gasteiger partial charge in [0.05, 0.1) is 13.2 Å². The van der Waals surface area contributed by atoms with E-state index in [9.17, 15) is 28.9 Å². The second-order valence-corrected chi connectivity index (χ2v) is 11.7. The third-order valence-electron chi connectivity index (χ3n) is 6.13. The number of allylic oxidation sites excluding steroid dienone is 10. The van der Waals surface area contributed by atoms with Gasteiger partial charge in [-0.25, -0.2) is 9.36 Å². The second kappa shape index (κ2) is 28.6. The monoisotopic (exact) mass is 655 g/mol. The highest BCUT2D eigenvalue weighted by atomic mass is 31.2. The van der Waals surface area contributed by atoms with Crippen molar-refractivity contribution in [1.82, 2.24) is 5.32 Å². The molecule has 0 aliphatic carbocycles. The van der Waals surface area contributed by atoms with Crippen LogP contribution in [0.3, 0.4) is 0 Å². The van der Waals surface area contributed by atoms with E-state index in [1.54, 1.807) is 0 Å². The number of nitrogens with one attached hydrogen (secondary N) is 1. The lowest BCUT2D eigenvalue weighted by molar-refractivity contribution is -0.147. The van der Waals surface area contributed by atoms with Crippen LogP contribution in [0.25, 0.3) is 0 Å². The molecule has 0 saturated carbocycles. The average Bonchev–Trinajstić information content (AvgIpc) is 3.01. The van der Waals surface area contributed by atoms with E-state index < -0.39 is 57.6 Å². The van der Waals surface area contributed by atoms with Crippen molar-refractivity contribution >= 4 is 25.7 Å². The van der Waals surface area contributed by atoms with Gasteiger partial charge in [-0.15, -0.1) is 0 Å². The van der Waals surface area contributed by atoms with Crippen LogP contribution in [-0.4, -0.2) is 64.9 Å². The van der Waals surface area contributed by atoms with Gasteiger partial charge < -0.3 is 25.2 Å². The number of rotatable bonds is 28. The molecule has 11 nitrogen and oxygen atoms in total. The van der Waals surface area contributed by atoms with Crippen molar-refractivity contribution in [1.29, 1.82) is 0 Å². The Kier molecular flexibility index (Phi) is 26.8. The fraction of sp³-hybridized carbons (Fsp3) is 0.606. The molecule has 0 heterocycles. The van der Waals surface area contributed by atoms with E-state index in [1.165, 1.54) is 6.92 Å². The minimum Gasteiger partial charge on any atom is -0.480 e. The Morgan fingerprint density at radius 2 is 1.24 bits per heavy atom. The van der Waals surface area contributed by atoms with Crippen molar-refractivity contribution in [2.75, 3.05) is 19.8 Å². The van der Waals surface area contributed by atoms with Crippen LogP contribution in [0.15, 0.2) is 60.8 Å². The molecule has 0 spiro atoms. The predicted molar refractivity (Wildman–Crippen MR) is 175 cm³/mol. The lowest BCUT2D eigenvalue weighted by atomic mass is 10.1. The third kappa shape index (κ3) is 28.4. The largest absolute Gasteiger partial charge is 0.480 e. The SMILES string of the molecule is CC/C=C\C/C=C\C/C=C\C/C=C\C/C=C\CCCCCCCC(=O)OCC(O)COP(=O)(O)OCC(NC(=O)CC)C(=O)O. The number of hydrogen-bond donors (Lipinski definition) is 4. The quantitative estimate of drug-likeness (QED) is 0.0317. The summed E-state index contributed by atoms with van der Waals surface area (Å²) in [5.41, 5.74) is 0. The molecule has 0 aliphatic rings. The molecule has 0 aromatic heterocycles. The Morgan fingerprint density at radius 1 is 0.733 bits per heavy atom. The number of esters is 1. The molecule has 0 aromatic rings. The molecule has 3 atom stereocenters. The minimum absolute atomic E-state index is 0.0222. The number of carboxylic acids is 1. The summed E-state index contributed by atoms with van der Waals surface area (Å²) in [5, 5.41) is 21.1. The van der Waals surface area contributed by atoms with Crippen molar-refractivity contribution in [3.63, 3.8) is 0 Å². The van der Waals surface area contributed by atoms with Crippen LogP contribution in [-0.2, 0) is 32.7 Å². The van der Waals surface area contributed by atoms with Crippen LogP contribution in [0.2, 0.25) is 0 Å². The fourth-order valence-electron chi connectivity index (χ4n) is 3.60. The summed E-state index contributed by atoms with van der Waals surface area (Å²) in [4.78, 5) is 44.0. The topological polar surface area (TPSA) is 169 Å². The number of carboxylic acid groups (broad SMARTS) is 1. The highest BCUT2D eigenvalue weighted by Gasteiger charge is 2.28. The summed E-state index contributed by atoms with van der Waals surface area (Å²) in [6.07, 6.45) is 31.3. The van der Waals surface area contributed by atoms with Gasteiger partial charge in [-0.05, 0) is 51.4 Å². The third-order valence-corrected chi connectivity index (χ3v) is 7.09. The van der Waals surface area contributed by atoms with E-state index >= 15 is 0 Å². The number of phosphoric acid groups is 1. The summed E-state index contributed by atoms with van der Waals surface area (Å²) in [7, 11) is -4.72. The molecule has 12 heteroatoms. The van der Waals surface area contributed by atoms with E-state index in [1.807, 2.05) is 0 Å². The summed E-state index contributed by atoms with van der Waals surface area (Å²) in [6, 6.07) is -1.55. The lowest BCUT2D eigenvalue weighted by Gasteiger charge is -2.18. The van der Waals surface area contributed by atoms with Gasteiger partial charge in [-0.3, -0.25) is 18.6 Å². The number of carbonyl (C=O) groups is 3. The van der Waals surface area contributed by atoms with Crippen LogP contribution in [0.1, 0.15) is 97.3 Å². The number of unbranched alkanes of at least 4 members (excludes halogenated alkanes) is 5. The van der Waals surface area contributed by atoms with Gasteiger partial charge in [0.15, 0.2) is 6.04 Å². The maximum atomic E-state index is 11.9. The highest BCUT2D eigenvalue weighted by molar-refractivity contribution is 7.47. The van der Waals surface area contributed by atoms with Crippen LogP contribution in [0, 0.1) is 0 Å². The van der Waals surface area contributed by atoms with E-state index in [2.05, 4.69) is 82.0 Å². The lowest BCUT2D eigenvalue weighted by Crippen LogP contribution is -2.43. The number of ether oxygens (including phenoxy) is 1. The van der Waals surface area contributed by atoms with Gasteiger partial charge in [0.1, 0.15) is 12.7 Å². The summed E-state index contributed by atoms with van der Waals surface area (Å²) < 4.78 is 26.1. The molecule has 0 aliphatic heterocycles. The number of aliphatic hydroxyl groups excluding tert-OH is 1. The molecule has 0 fully saturated rings. The molecule has 4 N–H and O–H groups in total. The maximum absolute atomic E-state index is 11.9. The Bertz CT molecular complexity index is 1010. The maximum Gasteiger partial charge on any atom is 0.472 e. The Balaban J connectivity index is 3.81. The number of hydrogen-bond acceptors (Lipinski definition) is 8. The molecular formula is C33H54NO10P. The summed E-state index contributed by atoms with van der Waals surface area (Å²) >= 11 is 0. The zero-order valence-electron chi connectivity index (χ0n) is 26.9. The molecule has 3 unspecified atom stereocenters. The van der Waals surface area contributed by atoms with Crippen molar-refractivity contribution in [2.45, 2.75) is 109 Å². The van der Waals surface area contributed by atoms with Gasteiger partial charge in [0, 0.05) is 12.8 Å². The molecule has 0 bridgehead atoms. The normalized spacial score (nSPS) is 14.9. The molecule has 0 saturated heterocycles. The van der Waals surface area contributed by atoms with Crippen LogP contribution >= 0.6 is 7.82 Å². The van der Waals surface area contributed by atoms with Crippen molar-refractivity contribution in [3.8, 4) is 0 Å². The van der Waals surface area contributed by atoms with Crippen molar-refractivity contribution in [3.05, 3.63) is 60.8 Å². The summed E-state index contributed by atoms with van der Waals surface area (Å²) in [6.45, 7) is 1.72. The molecule has 0 radical (unpaired) electrons. The number of amides is 1. The first-order valence-electron chi connectivity index (χ1n) is 15.8. The first kappa shape index (κ1) is 42.2. The Labute approximate surface area is 268 Å². The summed E-state index contributed by atoms with van der Waals surface area (Å²) in [5.74, 6) is -2.52. The molecule has 256 valence electrons. The molecule has 0 aromatic carbocycles. The number of carbonyl (C=O) groups excluding carboxylic acids is 2. The van der Waals surface area contributed by atoms with Crippen molar-refractivity contribution in [2.24, 2.45) is 0 Å². The zero-order chi connectivity index (χ0) is 33.6. The average molecular weight is 656 g/mol. The fourth-order valence-corrected chi connectivity index (χ4v) is 4.37. The zero-order valence-corrected chi connectivity index (χ0v) is 27.8. The van der Waals surface area contributed by atoms with Crippen LogP contribution in [0.5, 0.6) is 0 Å². The van der Waals surface area contributed by atoms with Gasteiger partial charge in [-0.1, -0.05) is 93.9 Å². The number of aliphatic hydroxyl groups is 1. The van der Waals surface area contributed by atoms with Gasteiger partial charge in [-0.2, -0.15) is 0 Å². The van der Waals surface area contributed by atoms with E-state index in [0.717, 1.165) is 64.2 Å². The Morgan fingerprint density at radius 3 is 1.80 bits per heavy atom. The molecular weight excluding hydrogens is 601 g/mol. The first-order chi connectivity index (χ1) is 21.6. The highest BCUT2D eigenvalue weighted by Crippen LogP contribution is 2.43. The Hall–Kier alpha value is -2.82. The standard InChI is InChI=1S/C33H54NO10P/c1-3-5-6-7-8-9-10-11-12-13-14-15-16-17-18-19-20-21-22-23-24-25-32(37)42-26-29(35)27-43-45(40,41)44-28-30(33(38)39)34-31(36)4-2/h5-6,8-9,11-12,14-15,17-18,29-30,35H,3-4,7,10,13,16,19-28H2,1-2H3,(H,34,36)(H,38,39)(H,40,41)/b6-5-,9-8-,12-11-,15-14-,18-17-. The number of aliphatic carboxylic acids is 1. The van der Waals surface area contributed by atoms with Gasteiger partial charge in [0.25, 0.3) is 0 Å². The molecule has 0 rings (SSSR count). The smallest absolute Gasteiger partial charge is 0.472 e. The van der Waals surface area contributed by atoms with Gasteiger partial charge in [0.2, 0.25) is 5.91 Å². The van der Waals surface area contributed by atoms with Crippen LogP contribution < -0.4 is 5.32 Å². The van der Waals surface area contributed by atoms with E-state index in [0.29, 0.717) is 6.42 Å². The van der Waals surface area contributed by atoms with Crippen LogP contribution in [0.4, 0.5) is 0 Å². The van der Waals surface area contributed by atoms with Crippen molar-refractivity contribution < 1.29 is 47.8 Å². The minimum atomic E-state index is -4.72.